The first kappa shape index (κ1) is 69.6. The molecule has 3 unspecified atom stereocenters. The summed E-state index contributed by atoms with van der Waals surface area (Å²) in [6, 6.07) is 31.7. The number of aryl methyl sites for hydroxylation is 1. The Bertz CT molecular complexity index is 4240. The molecule has 6 aromatic rings. The van der Waals surface area contributed by atoms with Crippen molar-refractivity contribution in [1.29, 1.82) is 0 Å². The van der Waals surface area contributed by atoms with Crippen molar-refractivity contribution in [3.05, 3.63) is 160 Å². The molecule has 19 nitrogen and oxygen atoms in total. The second kappa shape index (κ2) is 25.9. The molecule has 4 aromatic carbocycles. The molecule has 3 amide bonds. The van der Waals surface area contributed by atoms with Crippen LogP contribution in [0.1, 0.15) is 158 Å². The predicted octanol–water partition coefficient (Wildman–Crippen LogP) is 11.9. The molecule has 2 aromatic heterocycles. The number of hydrogen-bond acceptors (Lipinski definition) is 16. The average molecular weight is 1380 g/mol. The number of benzene rings is 4. The van der Waals surface area contributed by atoms with Crippen molar-refractivity contribution >= 4 is 57.0 Å². The quantitative estimate of drug-likeness (QED) is 0.108. The lowest BCUT2D eigenvalue weighted by Gasteiger charge is -2.45. The zero-order chi connectivity index (χ0) is 70.5. The number of guanidine groups is 3. The molecule has 6 spiro atoms. The van der Waals surface area contributed by atoms with Crippen LogP contribution >= 0.6 is 11.6 Å². The molecule has 6 aliphatic carbocycles. The van der Waals surface area contributed by atoms with Gasteiger partial charge in [-0.2, -0.15) is 0 Å². The third-order valence-corrected chi connectivity index (χ3v) is 25.0. The van der Waals surface area contributed by atoms with Crippen LogP contribution in [-0.4, -0.2) is 133 Å². The number of pyridine rings is 2. The fourth-order valence-corrected chi connectivity index (χ4v) is 19.6. The maximum Gasteiger partial charge on any atom is 0.262 e. The molecule has 15 rings (SSSR count). The Hall–Kier alpha value is -7.88. The second-order valence-electron chi connectivity index (χ2n) is 30.1. The Labute approximate surface area is 587 Å². The largest absolute Gasteiger partial charge is 0.381 e. The summed E-state index contributed by atoms with van der Waals surface area (Å²) >= 11 is 6.15. The van der Waals surface area contributed by atoms with E-state index in [2.05, 4.69) is 58.5 Å². The van der Waals surface area contributed by atoms with Gasteiger partial charge in [0.25, 0.3) is 17.7 Å². The summed E-state index contributed by atoms with van der Waals surface area (Å²) in [5, 5.41) is 0.442. The van der Waals surface area contributed by atoms with Gasteiger partial charge in [0.1, 0.15) is 5.15 Å². The van der Waals surface area contributed by atoms with Crippen LogP contribution < -0.4 is 17.2 Å². The van der Waals surface area contributed by atoms with Crippen LogP contribution in [0.3, 0.4) is 0 Å². The van der Waals surface area contributed by atoms with Crippen LogP contribution in [0.25, 0.3) is 33.4 Å². The molecule has 6 N–H and O–H groups in total. The topological polar surface area (TPSA) is 264 Å². The highest BCUT2D eigenvalue weighted by atomic mass is 35.5. The van der Waals surface area contributed by atoms with E-state index in [1.165, 1.54) is 17.4 Å². The van der Waals surface area contributed by atoms with Gasteiger partial charge < -0.3 is 31.4 Å². The molecule has 3 atom stereocenters. The van der Waals surface area contributed by atoms with E-state index < -0.39 is 26.5 Å². The molecular formula is C78H94ClN11O8S. The maximum atomic E-state index is 14.2. The summed E-state index contributed by atoms with van der Waals surface area (Å²) in [6.07, 6.45) is 20.4. The second-order valence-corrected chi connectivity index (χ2v) is 32.5. The van der Waals surface area contributed by atoms with Gasteiger partial charge in [-0.15, -0.1) is 0 Å². The van der Waals surface area contributed by atoms with E-state index >= 15 is 0 Å². The summed E-state index contributed by atoms with van der Waals surface area (Å²) in [5.74, 6) is 0.915. The number of amides is 3. The van der Waals surface area contributed by atoms with E-state index in [4.69, 9.17) is 58.0 Å². The van der Waals surface area contributed by atoms with Crippen LogP contribution in [0.4, 0.5) is 0 Å². The molecule has 0 saturated heterocycles. The zero-order valence-corrected chi connectivity index (χ0v) is 60.5. The normalized spacial score (nSPS) is 28.9. The van der Waals surface area contributed by atoms with E-state index in [1.54, 1.807) is 60.4 Å². The summed E-state index contributed by atoms with van der Waals surface area (Å²) in [7, 11) is 1.95. The third-order valence-electron chi connectivity index (χ3n) is 23.6. The fraction of sp³-hybridized carbons (Fsp3) is 0.487. The molecule has 0 bridgehead atoms. The number of aliphatic imine (C=N–C) groups is 3. The Morgan fingerprint density at radius 1 is 0.485 bits per heavy atom. The maximum absolute atomic E-state index is 14.2. The number of nitrogens with two attached hydrogens (primary N) is 3. The Morgan fingerprint density at radius 2 is 0.838 bits per heavy atom. The number of carbonyl (C=O) groups is 3. The van der Waals surface area contributed by atoms with E-state index in [0.29, 0.717) is 17.1 Å². The van der Waals surface area contributed by atoms with Gasteiger partial charge in [0.05, 0.1) is 23.2 Å². The van der Waals surface area contributed by atoms with Crippen molar-refractivity contribution in [1.82, 2.24) is 24.7 Å². The number of halogens is 1. The molecule has 99 heavy (non-hydrogen) atoms. The first-order valence-corrected chi connectivity index (χ1v) is 37.3. The number of hydrogen-bond donors (Lipinski definition) is 3. The lowest BCUT2D eigenvalue weighted by Crippen LogP contribution is -2.53. The molecule has 3 saturated carbocycles. The Morgan fingerprint density at radius 3 is 1.16 bits per heavy atom. The molecule has 3 aliphatic heterocycles. The van der Waals surface area contributed by atoms with Gasteiger partial charge in [0.15, 0.2) is 44.3 Å². The van der Waals surface area contributed by atoms with E-state index in [0.717, 1.165) is 158 Å². The highest BCUT2D eigenvalue weighted by molar-refractivity contribution is 7.90. The van der Waals surface area contributed by atoms with Crippen LogP contribution in [0, 0.1) is 23.2 Å². The van der Waals surface area contributed by atoms with E-state index in [9.17, 15) is 22.8 Å². The van der Waals surface area contributed by atoms with E-state index in [-0.39, 0.29) is 81.3 Å². The van der Waals surface area contributed by atoms with Gasteiger partial charge in [-0.25, -0.2) is 28.4 Å². The zero-order valence-electron chi connectivity index (χ0n) is 58.9. The minimum atomic E-state index is -3.34. The van der Waals surface area contributed by atoms with E-state index in [1.807, 2.05) is 91.2 Å². The number of methoxy groups -OCH3 is 3. The lowest BCUT2D eigenvalue weighted by molar-refractivity contribution is -0.140. The van der Waals surface area contributed by atoms with Crippen molar-refractivity contribution in [2.75, 3.05) is 27.6 Å². The van der Waals surface area contributed by atoms with Crippen LogP contribution in [0.5, 0.6) is 0 Å². The Balaban J connectivity index is 0.000000134. The molecule has 3 fully saturated rings. The first-order valence-electron chi connectivity index (χ1n) is 35.0. The summed E-state index contributed by atoms with van der Waals surface area (Å²) in [4.78, 5) is 71.3. The molecule has 5 heterocycles. The third kappa shape index (κ3) is 11.2. The van der Waals surface area contributed by atoms with Crippen molar-refractivity contribution in [2.45, 2.75) is 203 Å². The van der Waals surface area contributed by atoms with Crippen LogP contribution in [0.15, 0.2) is 136 Å². The van der Waals surface area contributed by atoms with Gasteiger partial charge in [-0.3, -0.25) is 34.1 Å². The summed E-state index contributed by atoms with van der Waals surface area (Å²) in [5.41, 5.74) is 28.5. The van der Waals surface area contributed by atoms with Crippen LogP contribution in [-0.2, 0) is 74.3 Å². The SMILES string of the molecule is COC1CCC2(CC1)Cc1ccc(-c3cccc(S(C)(=O)=O)c3)cc1C21N=C(N)N(C(C)C)C1=O.COC1CCC2(CC1)Cc1ccc(-c3ccnc(Cl)c3)cc1C21N=C(N)N(C(C)C)C1=O.COC1CCC2(CC1)Cc1ccc(-c3cncc(C)c3)cc1C21N=C(N)N(C(C)C)C1=O. The standard InChI is InChI=1S/C27H33N3O4S.C26H32N4O2.C25H29ClN4O2/c1-17(2)30-24(31)27(29-25(30)28)23-15-19(18-6-5-7-22(14-18)35(4,32)33)8-9-20(23)16-26(27)12-10-21(34-3)11-13-26;1-16(2)30-23(31)26(29-24(30)27)22-12-18(20-11-17(3)14-28-15-20)5-6-19(22)13-25(26)9-7-21(32-4)8-10-25;1-15(2)30-22(31)25(29-23(30)27)20-12-16(17-8-11-28-21(26)13-17)4-5-18(20)14-24(25)9-6-19(32-3)7-10-24/h5-9,14-15,17,21H,10-13,16H2,1-4H3,(H2,28,29);5-6,11-12,14-16,21H,7-10,13H2,1-4H3,(H2,27,29);4-5,8,11-13,15,19H,6-7,9-10,14H2,1-3H3,(H2,27,29). The number of aromatic nitrogens is 2. The highest BCUT2D eigenvalue weighted by Crippen LogP contribution is 2.66. The van der Waals surface area contributed by atoms with Gasteiger partial charge in [-0.1, -0.05) is 60.1 Å². The molecule has 0 radical (unpaired) electrons. The molecular weight excluding hydrogens is 1290 g/mol. The Kier molecular flexibility index (Phi) is 18.2. The minimum Gasteiger partial charge on any atom is -0.381 e. The average Bonchev–Trinajstić information content (AvgIpc) is 1.54. The highest BCUT2D eigenvalue weighted by Gasteiger charge is 2.70. The van der Waals surface area contributed by atoms with Crippen LogP contribution in [0.2, 0.25) is 5.15 Å². The number of sulfone groups is 1. The minimum absolute atomic E-state index is 0.00419. The van der Waals surface area contributed by atoms with Gasteiger partial charge in [0.2, 0.25) is 0 Å². The predicted molar refractivity (Wildman–Crippen MR) is 386 cm³/mol. The fourth-order valence-electron chi connectivity index (χ4n) is 18.7. The number of rotatable bonds is 10. The van der Waals surface area contributed by atoms with Crippen molar-refractivity contribution in [2.24, 2.45) is 48.4 Å². The first-order chi connectivity index (χ1) is 47.1. The van der Waals surface area contributed by atoms with Gasteiger partial charge in [-0.05, 0) is 260 Å². The number of carbonyl (C=O) groups excluding carboxylic acids is 3. The lowest BCUT2D eigenvalue weighted by atomic mass is 9.61. The van der Waals surface area contributed by atoms with Crippen molar-refractivity contribution in [3.8, 4) is 33.4 Å². The van der Waals surface area contributed by atoms with Gasteiger partial charge in [0, 0.05) is 86.1 Å². The monoisotopic (exact) mass is 1380 g/mol. The van der Waals surface area contributed by atoms with Gasteiger partial charge >= 0.3 is 0 Å². The smallest absolute Gasteiger partial charge is 0.262 e. The van der Waals surface area contributed by atoms with Crippen molar-refractivity contribution in [3.63, 3.8) is 0 Å². The number of ether oxygens (including phenoxy) is 3. The molecule has 9 aliphatic rings. The molecule has 522 valence electrons. The van der Waals surface area contributed by atoms with Crippen molar-refractivity contribution < 1.29 is 37.0 Å². The summed E-state index contributed by atoms with van der Waals surface area (Å²) in [6.45, 7) is 13.9. The number of fused-ring (bicyclic) bond motifs is 9. The molecule has 21 heteroatoms. The summed E-state index contributed by atoms with van der Waals surface area (Å²) < 4.78 is 41.2. The number of nitrogens with zero attached hydrogens (tertiary/aromatic N) is 8.